The highest BCUT2D eigenvalue weighted by atomic mass is 35.5. The highest BCUT2D eigenvalue weighted by molar-refractivity contribution is 6.32. The summed E-state index contributed by atoms with van der Waals surface area (Å²) in [7, 11) is 0. The van der Waals surface area contributed by atoms with Crippen LogP contribution in [0.15, 0.2) is 42.5 Å². The third-order valence-electron chi connectivity index (χ3n) is 9.75. The highest BCUT2D eigenvalue weighted by Crippen LogP contribution is 2.28. The van der Waals surface area contributed by atoms with Gasteiger partial charge in [-0.2, -0.15) is 0 Å². The number of piperazine rings is 1. The van der Waals surface area contributed by atoms with Gasteiger partial charge in [0.1, 0.15) is 5.75 Å². The summed E-state index contributed by atoms with van der Waals surface area (Å²) < 4.78 is 16.4. The van der Waals surface area contributed by atoms with Crippen molar-refractivity contribution in [1.29, 1.82) is 0 Å². The summed E-state index contributed by atoms with van der Waals surface area (Å²) in [6.45, 7) is 5.85. The van der Waals surface area contributed by atoms with E-state index in [4.69, 9.17) is 25.8 Å². The number of likely N-dealkylation sites (tertiary alicyclic amines) is 1. The summed E-state index contributed by atoms with van der Waals surface area (Å²) in [6.07, 6.45) is 2.48. The van der Waals surface area contributed by atoms with Crippen LogP contribution in [0, 0.1) is 0 Å². The van der Waals surface area contributed by atoms with E-state index in [1.807, 2.05) is 29.2 Å². The van der Waals surface area contributed by atoms with Gasteiger partial charge in [0.2, 0.25) is 0 Å². The van der Waals surface area contributed by atoms with E-state index in [0.717, 1.165) is 56.8 Å². The number of hydrogen-bond donors (Lipinski definition) is 1. The number of nitrogens with one attached hydrogen (secondary N) is 1. The molecule has 4 heterocycles. The van der Waals surface area contributed by atoms with Crippen molar-refractivity contribution in [3.63, 3.8) is 0 Å². The average molecular weight is 668 g/mol. The second-order valence-electron chi connectivity index (χ2n) is 12.5. The molecular weight excluding hydrogens is 626 g/mol. The number of hydrogen-bond acceptors (Lipinski definition) is 8. The van der Waals surface area contributed by atoms with Crippen molar-refractivity contribution in [1.82, 2.24) is 19.6 Å². The minimum atomic E-state index is -1.06. The van der Waals surface area contributed by atoms with Gasteiger partial charge in [-0.15, -0.1) is 0 Å². The molecule has 0 aromatic heterocycles. The molecule has 4 aliphatic rings. The number of ether oxygens (including phenoxy) is 3. The second kappa shape index (κ2) is 15.4. The lowest BCUT2D eigenvalue weighted by Crippen LogP contribution is -2.56. The van der Waals surface area contributed by atoms with Gasteiger partial charge in [0.25, 0.3) is 12.4 Å². The molecule has 0 unspecified atom stereocenters. The Balaban J connectivity index is 1.08. The second-order valence-corrected chi connectivity index (χ2v) is 12.9. The van der Waals surface area contributed by atoms with Gasteiger partial charge < -0.3 is 34.2 Å². The quantitative estimate of drug-likeness (QED) is 0.422. The van der Waals surface area contributed by atoms with Crippen LogP contribution >= 0.6 is 11.6 Å². The zero-order chi connectivity index (χ0) is 32.8. The third-order valence-corrected chi connectivity index (χ3v) is 10.0. The molecule has 2 aromatic carbocycles. The van der Waals surface area contributed by atoms with E-state index in [9.17, 15) is 19.2 Å². The van der Waals surface area contributed by atoms with Gasteiger partial charge in [0.05, 0.1) is 5.02 Å². The summed E-state index contributed by atoms with van der Waals surface area (Å²) in [5, 5.41) is 3.25. The zero-order valence-corrected chi connectivity index (χ0v) is 27.2. The van der Waals surface area contributed by atoms with Crippen molar-refractivity contribution >= 4 is 41.8 Å². The van der Waals surface area contributed by atoms with E-state index in [0.29, 0.717) is 63.6 Å². The number of rotatable bonds is 8. The average Bonchev–Trinajstić information content (AvgIpc) is 3.27. The normalized spacial score (nSPS) is 20.5. The van der Waals surface area contributed by atoms with Crippen molar-refractivity contribution in [2.75, 3.05) is 64.3 Å². The minimum Gasteiger partial charge on any atom is -0.436 e. The van der Waals surface area contributed by atoms with E-state index in [1.54, 1.807) is 28.0 Å². The smallest absolute Gasteiger partial charge is 0.410 e. The molecule has 0 spiro atoms. The van der Waals surface area contributed by atoms with Crippen LogP contribution in [0.3, 0.4) is 0 Å². The predicted molar refractivity (Wildman–Crippen MR) is 175 cm³/mol. The largest absolute Gasteiger partial charge is 0.436 e. The zero-order valence-electron chi connectivity index (χ0n) is 26.5. The number of nitrogens with zero attached hydrogens (tertiary/aromatic N) is 4. The van der Waals surface area contributed by atoms with Crippen molar-refractivity contribution in [3.05, 3.63) is 58.6 Å². The lowest BCUT2D eigenvalue weighted by molar-refractivity contribution is -0.143. The molecule has 3 saturated heterocycles. The lowest BCUT2D eigenvalue weighted by atomic mass is 10.0. The van der Waals surface area contributed by atoms with Crippen LogP contribution in [0.4, 0.5) is 15.3 Å². The number of benzene rings is 2. The predicted octanol–water partition coefficient (Wildman–Crippen LogP) is 3.80. The number of carbonyl (C=O) groups excluding carboxylic acids is 4. The molecule has 4 aliphatic heterocycles. The van der Waals surface area contributed by atoms with Gasteiger partial charge in [0.15, 0.2) is 6.10 Å². The van der Waals surface area contributed by atoms with E-state index in [2.05, 4.69) is 10.2 Å². The molecule has 252 valence electrons. The monoisotopic (exact) mass is 667 g/mol. The van der Waals surface area contributed by atoms with E-state index >= 15 is 0 Å². The highest BCUT2D eigenvalue weighted by Gasteiger charge is 2.36. The molecule has 6 rings (SSSR count). The fourth-order valence-corrected chi connectivity index (χ4v) is 7.32. The maximum atomic E-state index is 13.9. The van der Waals surface area contributed by atoms with Crippen LogP contribution in [-0.2, 0) is 31.9 Å². The van der Waals surface area contributed by atoms with Gasteiger partial charge in [-0.25, -0.2) is 9.59 Å². The first-order chi connectivity index (χ1) is 22.9. The molecule has 12 nitrogen and oxygen atoms in total. The molecule has 1 N–H and O–H groups in total. The third kappa shape index (κ3) is 7.99. The molecule has 13 heteroatoms. The van der Waals surface area contributed by atoms with E-state index < -0.39 is 12.2 Å². The first-order valence-electron chi connectivity index (χ1n) is 16.5. The number of carbonyl (C=O) groups is 4. The van der Waals surface area contributed by atoms with Gasteiger partial charge >= 0.3 is 12.1 Å². The molecular formula is C34H42ClN5O7. The molecule has 0 bridgehead atoms. The molecule has 0 saturated carbocycles. The van der Waals surface area contributed by atoms with Gasteiger partial charge in [-0.3, -0.25) is 14.5 Å². The summed E-state index contributed by atoms with van der Waals surface area (Å²) in [4.78, 5) is 59.0. The Morgan fingerprint density at radius 2 is 1.68 bits per heavy atom. The van der Waals surface area contributed by atoms with Gasteiger partial charge in [-0.05, 0) is 61.4 Å². The maximum Gasteiger partial charge on any atom is 0.410 e. The van der Waals surface area contributed by atoms with E-state index in [-0.39, 0.29) is 35.2 Å². The summed E-state index contributed by atoms with van der Waals surface area (Å²) >= 11 is 6.32. The molecule has 47 heavy (non-hydrogen) atoms. The van der Waals surface area contributed by atoms with Crippen LogP contribution in [0.2, 0.25) is 5.02 Å². The molecule has 0 radical (unpaired) electrons. The number of fused-ring (bicyclic) bond motifs is 1. The summed E-state index contributed by atoms with van der Waals surface area (Å²) in [6, 6.07) is 13.0. The molecule has 3 fully saturated rings. The Morgan fingerprint density at radius 3 is 2.40 bits per heavy atom. The van der Waals surface area contributed by atoms with Crippen molar-refractivity contribution in [2.24, 2.45) is 0 Å². The minimum absolute atomic E-state index is 0.00736. The number of amides is 4. The molecule has 2 aromatic rings. The van der Waals surface area contributed by atoms with Gasteiger partial charge in [-0.1, -0.05) is 35.9 Å². The number of halogens is 1. The Morgan fingerprint density at radius 1 is 0.936 bits per heavy atom. The fraction of sp³-hybridized carbons (Fsp3) is 0.529. The Hall–Kier alpha value is -3.87. The van der Waals surface area contributed by atoms with Crippen molar-refractivity contribution in [3.8, 4) is 5.75 Å². The van der Waals surface area contributed by atoms with Crippen LogP contribution in [0.25, 0.3) is 0 Å². The Bertz CT molecular complexity index is 1440. The van der Waals surface area contributed by atoms with Crippen LogP contribution in [-0.4, -0.2) is 121 Å². The fourth-order valence-electron chi connectivity index (χ4n) is 7.07. The first kappa shape index (κ1) is 33.0. The number of para-hydroxylation sites is 1. The standard InChI is InChI=1S/C34H42ClN5O7/c35-28-21-24(5-6-30(28)46-23-41)22-31(32(42)38-17-15-37(16-18-38)26-10-19-45-20-11-26)47-34(44)39-12-8-27(9-13-39)40-14-7-25-3-1-2-4-29(25)36-33(40)43/h1-6,21,23,26-27,31H,7-20,22H2,(H,36,43)/t31-/m1/s1. The molecule has 4 amide bonds. The van der Waals surface area contributed by atoms with Crippen molar-refractivity contribution in [2.45, 2.75) is 56.7 Å². The van der Waals surface area contributed by atoms with Crippen molar-refractivity contribution < 1.29 is 33.4 Å². The summed E-state index contributed by atoms with van der Waals surface area (Å²) in [5.74, 6) is -0.0376. The summed E-state index contributed by atoms with van der Waals surface area (Å²) in [5.41, 5.74) is 2.62. The maximum absolute atomic E-state index is 13.9. The number of piperidine rings is 1. The Labute approximate surface area is 279 Å². The Kier molecular flexibility index (Phi) is 10.8. The molecule has 1 atom stereocenters. The van der Waals surface area contributed by atoms with Crippen LogP contribution < -0.4 is 10.1 Å². The first-order valence-corrected chi connectivity index (χ1v) is 16.9. The van der Waals surface area contributed by atoms with Gasteiger partial charge in [0, 0.05) is 83.2 Å². The molecule has 0 aliphatic carbocycles. The topological polar surface area (TPSA) is 121 Å². The van der Waals surface area contributed by atoms with Crippen LogP contribution in [0.5, 0.6) is 5.75 Å². The lowest BCUT2D eigenvalue weighted by Gasteiger charge is -2.41. The SMILES string of the molecule is O=COc1ccc(C[C@@H](OC(=O)N2CCC(N3CCc4ccccc4NC3=O)CC2)C(=O)N2CCN(C3CCOCC3)CC2)cc1Cl. The van der Waals surface area contributed by atoms with E-state index in [1.165, 1.54) is 0 Å². The van der Waals surface area contributed by atoms with Crippen LogP contribution in [0.1, 0.15) is 36.8 Å². The number of urea groups is 1. The number of anilines is 1.